The first kappa shape index (κ1) is 18.1. The summed E-state index contributed by atoms with van der Waals surface area (Å²) in [5, 5.41) is 3.20. The number of amides is 1. The lowest BCUT2D eigenvalue weighted by molar-refractivity contribution is 0.0740. The van der Waals surface area contributed by atoms with E-state index in [1.807, 2.05) is 30.0 Å². The number of carbonyl (C=O) groups is 1. The summed E-state index contributed by atoms with van der Waals surface area (Å²) in [6.07, 6.45) is 3.95. The molecule has 0 saturated carbocycles. The maximum absolute atomic E-state index is 12.9. The number of pyridine rings is 1. The fraction of sp³-hybridized carbons (Fsp3) is 0.474. The van der Waals surface area contributed by atoms with Gasteiger partial charge in [0.1, 0.15) is 11.5 Å². The van der Waals surface area contributed by atoms with E-state index in [9.17, 15) is 4.79 Å². The third-order valence-corrected chi connectivity index (χ3v) is 4.43. The fourth-order valence-electron chi connectivity index (χ4n) is 2.98. The maximum Gasteiger partial charge on any atom is 0.272 e. The summed E-state index contributed by atoms with van der Waals surface area (Å²) in [6.45, 7) is 7.72. The van der Waals surface area contributed by atoms with Gasteiger partial charge in [-0.2, -0.15) is 0 Å². The van der Waals surface area contributed by atoms with E-state index >= 15 is 0 Å². The molecule has 3 heterocycles. The third kappa shape index (κ3) is 4.47. The number of hydrogen-bond acceptors (Lipinski definition) is 6. The number of carbonyl (C=O) groups excluding carboxylic acids is 1. The van der Waals surface area contributed by atoms with Crippen molar-refractivity contribution in [2.45, 2.75) is 26.7 Å². The highest BCUT2D eigenvalue weighted by molar-refractivity contribution is 5.92. The van der Waals surface area contributed by atoms with Crippen LogP contribution in [0.4, 0.5) is 11.8 Å². The van der Waals surface area contributed by atoms with Crippen LogP contribution >= 0.6 is 0 Å². The van der Waals surface area contributed by atoms with Crippen LogP contribution in [0.2, 0.25) is 0 Å². The standard InChI is InChI=1S/C19H26N6O/c1-3-4-8-21-19-22-15(2)14-16(23-19)18(26)25-12-10-24(11-13-25)17-7-5-6-9-20-17/h5-7,9,14H,3-4,8,10-13H2,1-2H3,(H,21,22,23). The minimum Gasteiger partial charge on any atom is -0.354 e. The molecule has 0 aliphatic carbocycles. The highest BCUT2D eigenvalue weighted by Crippen LogP contribution is 2.15. The molecule has 0 spiro atoms. The fourth-order valence-corrected chi connectivity index (χ4v) is 2.98. The van der Waals surface area contributed by atoms with Crippen LogP contribution in [0.1, 0.15) is 35.9 Å². The van der Waals surface area contributed by atoms with Crippen LogP contribution in [0.5, 0.6) is 0 Å². The largest absolute Gasteiger partial charge is 0.354 e. The first-order chi connectivity index (χ1) is 12.7. The van der Waals surface area contributed by atoms with Crippen molar-refractivity contribution in [2.75, 3.05) is 42.9 Å². The van der Waals surface area contributed by atoms with Gasteiger partial charge >= 0.3 is 0 Å². The molecule has 0 unspecified atom stereocenters. The van der Waals surface area contributed by atoms with Gasteiger partial charge in [0.05, 0.1) is 0 Å². The first-order valence-electron chi connectivity index (χ1n) is 9.22. The smallest absolute Gasteiger partial charge is 0.272 e. The molecule has 0 aromatic carbocycles. The van der Waals surface area contributed by atoms with Crippen molar-refractivity contribution in [3.05, 3.63) is 41.9 Å². The maximum atomic E-state index is 12.9. The van der Waals surface area contributed by atoms with Crippen LogP contribution in [-0.4, -0.2) is 58.5 Å². The molecule has 1 fully saturated rings. The Morgan fingerprint density at radius 2 is 2.00 bits per heavy atom. The van der Waals surface area contributed by atoms with Crippen molar-refractivity contribution < 1.29 is 4.79 Å². The second-order valence-corrected chi connectivity index (χ2v) is 6.47. The molecule has 1 amide bonds. The van der Waals surface area contributed by atoms with Gasteiger partial charge in [0, 0.05) is 44.6 Å². The molecule has 7 nitrogen and oxygen atoms in total. The second-order valence-electron chi connectivity index (χ2n) is 6.47. The second kappa shape index (κ2) is 8.60. The molecule has 1 saturated heterocycles. The van der Waals surface area contributed by atoms with Gasteiger partial charge in [-0.05, 0) is 31.5 Å². The molecule has 2 aromatic heterocycles. The van der Waals surface area contributed by atoms with Gasteiger partial charge in [-0.1, -0.05) is 19.4 Å². The minimum atomic E-state index is -0.0327. The molecule has 138 valence electrons. The Balaban J connectivity index is 1.63. The average molecular weight is 354 g/mol. The SMILES string of the molecule is CCCCNc1nc(C)cc(C(=O)N2CCN(c3ccccn3)CC2)n1. The van der Waals surface area contributed by atoms with E-state index < -0.39 is 0 Å². The zero-order valence-corrected chi connectivity index (χ0v) is 15.5. The lowest BCUT2D eigenvalue weighted by Crippen LogP contribution is -2.49. The number of aromatic nitrogens is 3. The molecule has 0 radical (unpaired) electrons. The molecule has 1 N–H and O–H groups in total. The van der Waals surface area contributed by atoms with Crippen molar-refractivity contribution in [1.82, 2.24) is 19.9 Å². The van der Waals surface area contributed by atoms with Crippen LogP contribution in [0.25, 0.3) is 0 Å². The van der Waals surface area contributed by atoms with Crippen molar-refractivity contribution in [3.8, 4) is 0 Å². The molecule has 7 heteroatoms. The van der Waals surface area contributed by atoms with E-state index in [1.54, 1.807) is 12.3 Å². The Kier molecular flexibility index (Phi) is 5.99. The Hall–Kier alpha value is -2.70. The zero-order chi connectivity index (χ0) is 18.4. The van der Waals surface area contributed by atoms with Gasteiger partial charge < -0.3 is 15.1 Å². The number of piperazine rings is 1. The normalized spacial score (nSPS) is 14.4. The van der Waals surface area contributed by atoms with E-state index in [1.165, 1.54) is 0 Å². The molecule has 26 heavy (non-hydrogen) atoms. The predicted molar refractivity (Wildman–Crippen MR) is 103 cm³/mol. The highest BCUT2D eigenvalue weighted by Gasteiger charge is 2.24. The summed E-state index contributed by atoms with van der Waals surface area (Å²) in [4.78, 5) is 30.1. The first-order valence-corrected chi connectivity index (χ1v) is 9.22. The van der Waals surface area contributed by atoms with Crippen molar-refractivity contribution in [2.24, 2.45) is 0 Å². The average Bonchev–Trinajstić information content (AvgIpc) is 2.68. The number of nitrogens with one attached hydrogen (secondary N) is 1. The van der Waals surface area contributed by atoms with Gasteiger partial charge in [-0.3, -0.25) is 4.79 Å². The lowest BCUT2D eigenvalue weighted by atomic mass is 10.2. The lowest BCUT2D eigenvalue weighted by Gasteiger charge is -2.35. The van der Waals surface area contributed by atoms with E-state index in [-0.39, 0.29) is 5.91 Å². The molecular formula is C19H26N6O. The minimum absolute atomic E-state index is 0.0327. The van der Waals surface area contributed by atoms with Crippen LogP contribution < -0.4 is 10.2 Å². The Labute approximate surface area is 154 Å². The van der Waals surface area contributed by atoms with E-state index in [2.05, 4.69) is 32.1 Å². The number of rotatable bonds is 6. The molecule has 0 bridgehead atoms. The molecule has 2 aromatic rings. The quantitative estimate of drug-likeness (QED) is 0.803. The van der Waals surface area contributed by atoms with Gasteiger partial charge in [0.15, 0.2) is 0 Å². The van der Waals surface area contributed by atoms with Gasteiger partial charge in [0.2, 0.25) is 5.95 Å². The Morgan fingerprint density at radius 1 is 1.19 bits per heavy atom. The Morgan fingerprint density at radius 3 is 2.69 bits per heavy atom. The van der Waals surface area contributed by atoms with Gasteiger partial charge in [0.25, 0.3) is 5.91 Å². The molecular weight excluding hydrogens is 328 g/mol. The third-order valence-electron chi connectivity index (χ3n) is 4.43. The molecule has 0 atom stereocenters. The summed E-state index contributed by atoms with van der Waals surface area (Å²) in [7, 11) is 0. The number of nitrogens with zero attached hydrogens (tertiary/aromatic N) is 5. The molecule has 1 aliphatic heterocycles. The van der Waals surface area contributed by atoms with Gasteiger partial charge in [-0.15, -0.1) is 0 Å². The summed E-state index contributed by atoms with van der Waals surface area (Å²) >= 11 is 0. The van der Waals surface area contributed by atoms with Crippen molar-refractivity contribution in [3.63, 3.8) is 0 Å². The highest BCUT2D eigenvalue weighted by atomic mass is 16.2. The Bertz CT molecular complexity index is 728. The van der Waals surface area contributed by atoms with Crippen LogP contribution in [0.15, 0.2) is 30.5 Å². The summed E-state index contributed by atoms with van der Waals surface area (Å²) < 4.78 is 0. The zero-order valence-electron chi connectivity index (χ0n) is 15.5. The number of hydrogen-bond donors (Lipinski definition) is 1. The van der Waals surface area contributed by atoms with E-state index in [0.717, 1.165) is 44.0 Å². The summed E-state index contributed by atoms with van der Waals surface area (Å²) in [6, 6.07) is 7.65. The number of aryl methyl sites for hydroxylation is 1. The predicted octanol–water partition coefficient (Wildman–Crippen LogP) is 2.35. The van der Waals surface area contributed by atoms with E-state index in [4.69, 9.17) is 0 Å². The number of anilines is 2. The van der Waals surface area contributed by atoms with E-state index in [0.29, 0.717) is 24.7 Å². The van der Waals surface area contributed by atoms with Crippen LogP contribution in [0, 0.1) is 6.92 Å². The monoisotopic (exact) mass is 354 g/mol. The van der Waals surface area contributed by atoms with Crippen molar-refractivity contribution >= 4 is 17.7 Å². The topological polar surface area (TPSA) is 74.2 Å². The number of unbranched alkanes of at least 4 members (excludes halogenated alkanes) is 1. The van der Waals surface area contributed by atoms with Crippen LogP contribution in [0.3, 0.4) is 0 Å². The summed E-state index contributed by atoms with van der Waals surface area (Å²) in [5.74, 6) is 1.46. The summed E-state index contributed by atoms with van der Waals surface area (Å²) in [5.41, 5.74) is 1.26. The van der Waals surface area contributed by atoms with Gasteiger partial charge in [-0.25, -0.2) is 15.0 Å². The van der Waals surface area contributed by atoms with Crippen molar-refractivity contribution in [1.29, 1.82) is 0 Å². The molecule has 3 rings (SSSR count). The van der Waals surface area contributed by atoms with Crippen LogP contribution in [-0.2, 0) is 0 Å². The molecule has 1 aliphatic rings.